The van der Waals surface area contributed by atoms with Gasteiger partial charge < -0.3 is 9.83 Å². The monoisotopic (exact) mass is 430 g/mol. The molecule has 5 heteroatoms. The van der Waals surface area contributed by atoms with Gasteiger partial charge in [-0.1, -0.05) is 17.7 Å². The molecule has 1 atom stereocenters. The molecule has 1 aliphatic heterocycles. The van der Waals surface area contributed by atoms with Crippen molar-refractivity contribution in [2.45, 2.75) is 51.9 Å². The quantitative estimate of drug-likeness (QED) is 0.477. The third-order valence-corrected chi connectivity index (χ3v) is 6.06. The first-order chi connectivity index (χ1) is 15.5. The lowest BCUT2D eigenvalue weighted by atomic mass is 9.98. The van der Waals surface area contributed by atoms with Gasteiger partial charge in [-0.25, -0.2) is 0 Å². The number of furan rings is 1. The van der Waals surface area contributed by atoms with Crippen LogP contribution in [0.1, 0.15) is 62.3 Å². The Balaban J connectivity index is 0.000000360. The average Bonchev–Trinajstić information content (AvgIpc) is 3.35. The maximum absolute atomic E-state index is 8.88. The molecule has 0 bridgehead atoms. The summed E-state index contributed by atoms with van der Waals surface area (Å²) in [6.45, 7) is 6.59. The lowest BCUT2D eigenvalue weighted by Crippen LogP contribution is -2.24. The first-order valence-electron chi connectivity index (χ1n) is 11.5. The number of aliphatic imine (C=N–C) groups is 1. The number of fused-ring (bicyclic) bond motifs is 1. The second-order valence-corrected chi connectivity index (χ2v) is 8.77. The van der Waals surface area contributed by atoms with E-state index in [9.17, 15) is 0 Å². The Kier molecular flexibility index (Phi) is 8.58. The van der Waals surface area contributed by atoms with E-state index in [4.69, 9.17) is 15.1 Å². The number of hydrogen-bond donors (Lipinski definition) is 1. The standard InChI is InChI=1S/C21H23N3O.C6H11N/c22-10-13-24-11-1-2-15(9-12-24)20-7-8-21(25-20)17-3-5-18-16(14-17)4-6-19(18)23;1-6(2)4-5-7-3/h3,5,7-8,14-15,23H,1-2,4,6,9,11-13H2;4-5H,1-3H3. The molecule has 1 N–H and O–H groups in total. The zero-order valence-electron chi connectivity index (χ0n) is 19.5. The van der Waals surface area contributed by atoms with Crippen LogP contribution < -0.4 is 0 Å². The van der Waals surface area contributed by atoms with E-state index in [1.54, 1.807) is 13.3 Å². The molecule has 4 rings (SSSR count). The van der Waals surface area contributed by atoms with Crippen molar-refractivity contribution in [1.29, 1.82) is 10.7 Å². The normalized spacial score (nSPS) is 18.4. The van der Waals surface area contributed by atoms with Crippen LogP contribution in [-0.2, 0) is 6.42 Å². The summed E-state index contributed by atoms with van der Waals surface area (Å²) in [7, 11) is 1.76. The van der Waals surface area contributed by atoms with Crippen molar-refractivity contribution >= 4 is 11.9 Å². The minimum absolute atomic E-state index is 0.444. The van der Waals surface area contributed by atoms with E-state index in [0.29, 0.717) is 12.5 Å². The summed E-state index contributed by atoms with van der Waals surface area (Å²) in [5.41, 5.74) is 5.51. The molecule has 1 aromatic carbocycles. The minimum Gasteiger partial charge on any atom is -0.461 e. The topological polar surface area (TPSA) is 76.4 Å². The van der Waals surface area contributed by atoms with Gasteiger partial charge in [0.1, 0.15) is 11.5 Å². The van der Waals surface area contributed by atoms with Crippen molar-refractivity contribution in [1.82, 2.24) is 4.90 Å². The third-order valence-electron chi connectivity index (χ3n) is 6.06. The fraction of sp³-hybridized carbons (Fsp3) is 0.444. The maximum atomic E-state index is 8.88. The molecule has 1 aliphatic carbocycles. The number of benzene rings is 1. The van der Waals surface area contributed by atoms with Gasteiger partial charge in [0.2, 0.25) is 0 Å². The van der Waals surface area contributed by atoms with Crippen molar-refractivity contribution in [2.24, 2.45) is 4.99 Å². The van der Waals surface area contributed by atoms with E-state index in [2.05, 4.69) is 46.3 Å². The fourth-order valence-corrected chi connectivity index (χ4v) is 4.29. The van der Waals surface area contributed by atoms with Crippen LogP contribution in [0.5, 0.6) is 0 Å². The van der Waals surface area contributed by atoms with E-state index in [-0.39, 0.29) is 0 Å². The number of nitriles is 1. The Morgan fingerprint density at radius 2 is 2.06 bits per heavy atom. The van der Waals surface area contributed by atoms with E-state index in [1.165, 1.54) is 11.1 Å². The molecule has 0 amide bonds. The van der Waals surface area contributed by atoms with Gasteiger partial charge in [-0.05, 0) is 94.4 Å². The molecule has 0 spiro atoms. The van der Waals surface area contributed by atoms with Gasteiger partial charge in [0.15, 0.2) is 0 Å². The van der Waals surface area contributed by atoms with Crippen LogP contribution in [0, 0.1) is 16.7 Å². The molecule has 32 heavy (non-hydrogen) atoms. The first-order valence-corrected chi connectivity index (χ1v) is 11.5. The van der Waals surface area contributed by atoms with Gasteiger partial charge in [0.05, 0.1) is 12.6 Å². The van der Waals surface area contributed by atoms with Crippen molar-refractivity contribution in [2.75, 3.05) is 26.7 Å². The number of rotatable bonds is 4. The van der Waals surface area contributed by atoms with E-state index in [1.807, 2.05) is 19.9 Å². The van der Waals surface area contributed by atoms with Crippen LogP contribution >= 0.6 is 0 Å². The lowest BCUT2D eigenvalue weighted by Gasteiger charge is -2.15. The molecule has 2 aromatic rings. The third kappa shape index (κ3) is 6.27. The zero-order chi connectivity index (χ0) is 22.9. The molecule has 0 radical (unpaired) electrons. The smallest absolute Gasteiger partial charge is 0.134 e. The fourth-order valence-electron chi connectivity index (χ4n) is 4.29. The summed E-state index contributed by atoms with van der Waals surface area (Å²) in [5.74, 6) is 2.44. The van der Waals surface area contributed by atoms with Gasteiger partial charge in [-0.15, -0.1) is 0 Å². The van der Waals surface area contributed by atoms with Gasteiger partial charge in [0, 0.05) is 30.5 Å². The number of aryl methyl sites for hydroxylation is 1. The van der Waals surface area contributed by atoms with Gasteiger partial charge >= 0.3 is 0 Å². The number of likely N-dealkylation sites (tertiary alicyclic amines) is 1. The second-order valence-electron chi connectivity index (χ2n) is 8.77. The molecule has 0 saturated carbocycles. The molecule has 2 heterocycles. The van der Waals surface area contributed by atoms with Crippen LogP contribution in [0.4, 0.5) is 0 Å². The second kappa shape index (κ2) is 11.6. The van der Waals surface area contributed by atoms with E-state index < -0.39 is 0 Å². The Labute approximate surface area is 192 Å². The number of nitrogens with one attached hydrogen (secondary N) is 1. The highest BCUT2D eigenvalue weighted by Crippen LogP contribution is 2.34. The average molecular weight is 431 g/mol. The predicted octanol–water partition coefficient (Wildman–Crippen LogP) is 6.01. The molecule has 1 aromatic heterocycles. The molecule has 1 fully saturated rings. The Bertz CT molecular complexity index is 1020. The highest BCUT2D eigenvalue weighted by atomic mass is 16.3. The summed E-state index contributed by atoms with van der Waals surface area (Å²) >= 11 is 0. The van der Waals surface area contributed by atoms with Crippen molar-refractivity contribution in [3.8, 4) is 17.4 Å². The SMILES string of the molecule is CN=CC=C(C)C.N#CCN1CCCC(c2ccc(-c3ccc4c(c3)CCC4=N)o2)CC1. The summed E-state index contributed by atoms with van der Waals surface area (Å²) < 4.78 is 6.21. The summed E-state index contributed by atoms with van der Waals surface area (Å²) in [4.78, 5) is 6.01. The van der Waals surface area contributed by atoms with Crippen LogP contribution in [0.15, 0.2) is 51.4 Å². The van der Waals surface area contributed by atoms with Crippen LogP contribution in [0.3, 0.4) is 0 Å². The summed E-state index contributed by atoms with van der Waals surface area (Å²) in [6.07, 6.45) is 8.86. The van der Waals surface area contributed by atoms with Crippen LogP contribution in [0.2, 0.25) is 0 Å². The van der Waals surface area contributed by atoms with Gasteiger partial charge in [0.25, 0.3) is 0 Å². The molecule has 5 nitrogen and oxygen atoms in total. The Hall–Kier alpha value is -2.97. The summed E-state index contributed by atoms with van der Waals surface area (Å²) in [6, 6.07) is 12.8. The van der Waals surface area contributed by atoms with Crippen molar-refractivity contribution in [3.05, 3.63) is 58.9 Å². The van der Waals surface area contributed by atoms with E-state index in [0.717, 1.165) is 73.6 Å². The Morgan fingerprint density at radius 3 is 2.78 bits per heavy atom. The molecular formula is C27H34N4O. The number of allylic oxidation sites excluding steroid dienone is 2. The summed E-state index contributed by atoms with van der Waals surface area (Å²) in [5, 5.41) is 16.8. The number of hydrogen-bond acceptors (Lipinski definition) is 5. The largest absolute Gasteiger partial charge is 0.461 e. The van der Waals surface area contributed by atoms with Crippen LogP contribution in [0.25, 0.3) is 11.3 Å². The lowest BCUT2D eigenvalue weighted by molar-refractivity contribution is 0.316. The minimum atomic E-state index is 0.444. The highest BCUT2D eigenvalue weighted by Gasteiger charge is 2.22. The Morgan fingerprint density at radius 1 is 1.22 bits per heavy atom. The van der Waals surface area contributed by atoms with Gasteiger partial charge in [-0.2, -0.15) is 5.26 Å². The maximum Gasteiger partial charge on any atom is 0.134 e. The van der Waals surface area contributed by atoms with Gasteiger partial charge in [-0.3, -0.25) is 9.89 Å². The van der Waals surface area contributed by atoms with Crippen molar-refractivity contribution in [3.63, 3.8) is 0 Å². The predicted molar refractivity (Wildman–Crippen MR) is 132 cm³/mol. The molecule has 2 aliphatic rings. The van der Waals surface area contributed by atoms with Crippen LogP contribution in [-0.4, -0.2) is 43.5 Å². The van der Waals surface area contributed by atoms with Crippen molar-refractivity contribution < 1.29 is 4.42 Å². The van der Waals surface area contributed by atoms with E-state index >= 15 is 0 Å². The number of nitrogens with zero attached hydrogens (tertiary/aromatic N) is 3. The molecule has 168 valence electrons. The molecule has 1 unspecified atom stereocenters. The first kappa shape index (κ1) is 23.7. The molecular weight excluding hydrogens is 396 g/mol. The molecule has 1 saturated heterocycles. The highest BCUT2D eigenvalue weighted by molar-refractivity contribution is 6.02. The zero-order valence-corrected chi connectivity index (χ0v) is 19.5.